The summed E-state index contributed by atoms with van der Waals surface area (Å²) < 4.78 is 110. The van der Waals surface area contributed by atoms with Crippen molar-refractivity contribution in [3.63, 3.8) is 0 Å². The minimum Gasteiger partial charge on any atom is -0.748 e. The Bertz CT molecular complexity index is 868. The summed E-state index contributed by atoms with van der Waals surface area (Å²) in [6.07, 6.45) is -0.480. The predicted molar refractivity (Wildman–Crippen MR) is 93.9 cm³/mol. The second-order valence-corrected chi connectivity index (χ2v) is 10.1. The minimum atomic E-state index is -4.43. The number of nitrogens with zero attached hydrogens (tertiary/aromatic N) is 3. The average Bonchev–Trinajstić information content (AvgIpc) is 2.57. The Morgan fingerprint density at radius 2 is 0.727 bits per heavy atom. The zero-order valence-electron chi connectivity index (χ0n) is 18.3. The first-order valence-corrected chi connectivity index (χ1v) is 12.9. The number of hydrogen-bond acceptors (Lipinski definition) is 15. The minimum absolute atomic E-state index is 0. The summed E-state index contributed by atoms with van der Waals surface area (Å²) >= 11 is 0. The molecule has 15 nitrogen and oxygen atoms in total. The first kappa shape index (κ1) is 38.7. The molecule has 0 aliphatic carbocycles. The number of ether oxygens (including phenoxy) is 3. The molecule has 0 spiro atoms. The Balaban J connectivity index is -0.00000300. The van der Waals surface area contributed by atoms with E-state index in [0.717, 1.165) is 0 Å². The molecule has 21 heteroatoms. The van der Waals surface area contributed by atoms with Crippen LogP contribution < -0.4 is 103 Å². The molecule has 0 unspecified atom stereocenters. The molecule has 0 saturated carbocycles. The number of hydrogen-bond donors (Lipinski definition) is 0. The van der Waals surface area contributed by atoms with Gasteiger partial charge in [0.05, 0.1) is 50.2 Å². The molecule has 0 radical (unpaired) electrons. The maximum atomic E-state index is 10.6. The fraction of sp³-hybridized carbons (Fsp3) is 0.750. The van der Waals surface area contributed by atoms with Crippen LogP contribution in [-0.4, -0.2) is 90.9 Å². The van der Waals surface area contributed by atoms with E-state index in [1.165, 1.54) is 0 Å². The first-order valence-electron chi connectivity index (χ1n) is 8.19. The van der Waals surface area contributed by atoms with E-state index >= 15 is 0 Å². The fourth-order valence-electron chi connectivity index (χ4n) is 1.71. The van der Waals surface area contributed by atoms with Gasteiger partial charge in [0.2, 0.25) is 0 Å². The van der Waals surface area contributed by atoms with Crippen molar-refractivity contribution in [2.45, 2.75) is 19.3 Å². The first-order chi connectivity index (χ1) is 13.7. The van der Waals surface area contributed by atoms with Crippen LogP contribution in [0.4, 0.5) is 0 Å². The number of aromatic nitrogens is 3. The van der Waals surface area contributed by atoms with E-state index in [-0.39, 0.29) is 146 Å². The SMILES string of the molecule is O=S(=O)([O-])CCCOc1nc(OCCCS(=O)(=O)[O-])nc(OCCCS(=O)(=O)[O-])n1.[Na+].[Na+].[Na+]. The van der Waals surface area contributed by atoms with Crippen molar-refractivity contribution < 1.29 is 142 Å². The van der Waals surface area contributed by atoms with Crippen LogP contribution in [0.5, 0.6) is 18.0 Å². The van der Waals surface area contributed by atoms with Crippen molar-refractivity contribution in [3.05, 3.63) is 0 Å². The third kappa shape index (κ3) is 23.3. The maximum Gasteiger partial charge on any atom is 1.00 e. The van der Waals surface area contributed by atoms with Crippen LogP contribution in [0.2, 0.25) is 0 Å². The summed E-state index contributed by atoms with van der Waals surface area (Å²) in [5.74, 6) is -2.05. The Morgan fingerprint density at radius 3 is 0.909 bits per heavy atom. The van der Waals surface area contributed by atoms with Crippen LogP contribution in [0.1, 0.15) is 19.3 Å². The van der Waals surface area contributed by atoms with E-state index in [9.17, 15) is 38.9 Å². The van der Waals surface area contributed by atoms with Gasteiger partial charge in [-0.2, -0.15) is 0 Å². The van der Waals surface area contributed by atoms with Gasteiger partial charge >= 0.3 is 107 Å². The molecule has 0 bridgehead atoms. The third-order valence-electron chi connectivity index (χ3n) is 2.88. The molecule has 1 aromatic heterocycles. The maximum absolute atomic E-state index is 10.6. The fourth-order valence-corrected chi connectivity index (χ4v) is 3.13. The summed E-state index contributed by atoms with van der Waals surface area (Å²) in [6.45, 7) is -0.770. The van der Waals surface area contributed by atoms with Crippen LogP contribution in [0.3, 0.4) is 0 Å². The molecular formula is C12H18N3Na3O12S3. The molecule has 33 heavy (non-hydrogen) atoms. The predicted octanol–water partition coefficient (Wildman–Crippen LogP) is -11.2. The van der Waals surface area contributed by atoms with E-state index in [1.54, 1.807) is 0 Å². The van der Waals surface area contributed by atoms with E-state index in [1.807, 2.05) is 0 Å². The normalized spacial score (nSPS) is 11.4. The van der Waals surface area contributed by atoms with Crippen LogP contribution in [0.25, 0.3) is 0 Å². The van der Waals surface area contributed by atoms with Gasteiger partial charge < -0.3 is 27.9 Å². The van der Waals surface area contributed by atoms with Crippen molar-refractivity contribution in [2.24, 2.45) is 0 Å². The van der Waals surface area contributed by atoms with Crippen LogP contribution in [0, 0.1) is 0 Å². The van der Waals surface area contributed by atoms with Crippen LogP contribution >= 0.6 is 0 Å². The second kappa shape index (κ2) is 18.4. The van der Waals surface area contributed by atoms with E-state index in [0.29, 0.717) is 0 Å². The zero-order valence-corrected chi connectivity index (χ0v) is 26.8. The van der Waals surface area contributed by atoms with Gasteiger partial charge in [0, 0.05) is 17.3 Å². The summed E-state index contributed by atoms with van der Waals surface area (Å²) in [4.78, 5) is 11.2. The number of rotatable bonds is 15. The molecule has 0 aromatic carbocycles. The monoisotopic (exact) mass is 561 g/mol. The zero-order chi connectivity index (χ0) is 22.8. The smallest absolute Gasteiger partial charge is 0.748 e. The Kier molecular flexibility index (Phi) is 21.6. The third-order valence-corrected chi connectivity index (χ3v) is 5.25. The second-order valence-electron chi connectivity index (χ2n) is 5.57. The topological polar surface area (TPSA) is 238 Å². The molecule has 0 amide bonds. The molecule has 1 rings (SSSR count). The van der Waals surface area contributed by atoms with Gasteiger partial charge in [0.15, 0.2) is 0 Å². The van der Waals surface area contributed by atoms with Crippen molar-refractivity contribution in [3.8, 4) is 18.0 Å². The van der Waals surface area contributed by atoms with Crippen molar-refractivity contribution >= 4 is 30.4 Å². The molecule has 174 valence electrons. The van der Waals surface area contributed by atoms with Crippen molar-refractivity contribution in [2.75, 3.05) is 37.1 Å². The van der Waals surface area contributed by atoms with Gasteiger partial charge in [-0.05, 0) is 19.3 Å². The quantitative estimate of drug-likeness (QED) is 0.110. The van der Waals surface area contributed by atoms with Gasteiger partial charge in [-0.3, -0.25) is 0 Å². The van der Waals surface area contributed by atoms with Gasteiger partial charge in [-0.25, -0.2) is 25.3 Å². The standard InChI is InChI=1S/C12H21N3O12S3.3Na/c16-28(17,18)7-1-4-25-10-13-11(26-5-2-8-29(19,20)21)15-12(14-10)27-6-3-9-30(22,23)24;;;/h1-9H2,(H,16,17,18)(H,19,20,21)(H,22,23,24);;;/q;3*+1/p-3. The van der Waals surface area contributed by atoms with Gasteiger partial charge in [-0.15, -0.1) is 15.0 Å². The van der Waals surface area contributed by atoms with Gasteiger partial charge in [0.1, 0.15) is 0 Å². The summed E-state index contributed by atoms with van der Waals surface area (Å²) in [7, 11) is -13.3. The van der Waals surface area contributed by atoms with E-state index in [4.69, 9.17) is 14.2 Å². The molecule has 0 atom stereocenters. The largest absolute Gasteiger partial charge is 1.00 e. The van der Waals surface area contributed by atoms with Crippen LogP contribution in [0.15, 0.2) is 0 Å². The molecule has 1 heterocycles. The van der Waals surface area contributed by atoms with Crippen molar-refractivity contribution in [1.29, 1.82) is 0 Å². The summed E-state index contributed by atoms with van der Waals surface area (Å²) in [5, 5.41) is 0. The average molecular weight is 561 g/mol. The molecule has 0 aliphatic rings. The molecule has 0 N–H and O–H groups in total. The van der Waals surface area contributed by atoms with E-state index in [2.05, 4.69) is 15.0 Å². The summed E-state index contributed by atoms with van der Waals surface area (Å²) in [5.41, 5.74) is 0. The van der Waals surface area contributed by atoms with Crippen molar-refractivity contribution in [1.82, 2.24) is 15.0 Å². The van der Waals surface area contributed by atoms with Gasteiger partial charge in [-0.1, -0.05) is 0 Å². The molecule has 1 aromatic rings. The molecule has 0 saturated heterocycles. The van der Waals surface area contributed by atoms with E-state index < -0.39 is 47.6 Å². The molecular weight excluding hydrogens is 543 g/mol. The van der Waals surface area contributed by atoms with Crippen LogP contribution in [-0.2, 0) is 30.4 Å². The van der Waals surface area contributed by atoms with Gasteiger partial charge in [0.25, 0.3) is 0 Å². The molecule has 0 aliphatic heterocycles. The Hall–Kier alpha value is 1.14. The Morgan fingerprint density at radius 1 is 0.515 bits per heavy atom. The summed E-state index contributed by atoms with van der Waals surface area (Å²) in [6, 6.07) is -1.15. The Labute approximate surface area is 258 Å². The molecule has 0 fully saturated rings.